The SMILES string of the molecule is CCc1ccc(NC(=O)CC(=O)Nc2ccc(Cl)cc2Cl)cc1. The molecule has 23 heavy (non-hydrogen) atoms. The van der Waals surface area contributed by atoms with Crippen molar-refractivity contribution in [3.05, 3.63) is 58.1 Å². The number of benzene rings is 2. The van der Waals surface area contributed by atoms with Crippen molar-refractivity contribution in [2.45, 2.75) is 19.8 Å². The van der Waals surface area contributed by atoms with E-state index in [0.717, 1.165) is 6.42 Å². The van der Waals surface area contributed by atoms with Crippen molar-refractivity contribution in [1.29, 1.82) is 0 Å². The smallest absolute Gasteiger partial charge is 0.233 e. The Balaban J connectivity index is 1.90. The van der Waals surface area contributed by atoms with Crippen LogP contribution in [0.2, 0.25) is 10.0 Å². The quantitative estimate of drug-likeness (QED) is 0.778. The van der Waals surface area contributed by atoms with Crippen LogP contribution < -0.4 is 10.6 Å². The third-order valence-electron chi connectivity index (χ3n) is 3.17. The van der Waals surface area contributed by atoms with Gasteiger partial charge in [-0.15, -0.1) is 0 Å². The highest BCUT2D eigenvalue weighted by atomic mass is 35.5. The number of carbonyl (C=O) groups is 2. The minimum Gasteiger partial charge on any atom is -0.326 e. The monoisotopic (exact) mass is 350 g/mol. The van der Waals surface area contributed by atoms with E-state index in [9.17, 15) is 9.59 Å². The molecule has 0 aromatic heterocycles. The Kier molecular flexibility index (Phi) is 6.02. The predicted octanol–water partition coefficient (Wildman–Crippen LogP) is 4.52. The summed E-state index contributed by atoms with van der Waals surface area (Å²) in [5, 5.41) is 6.06. The molecule has 0 saturated carbocycles. The first-order chi connectivity index (χ1) is 11.0. The first kappa shape index (κ1) is 17.3. The summed E-state index contributed by atoms with van der Waals surface area (Å²) < 4.78 is 0. The van der Waals surface area contributed by atoms with E-state index in [1.807, 2.05) is 24.3 Å². The van der Waals surface area contributed by atoms with E-state index < -0.39 is 11.8 Å². The Bertz CT molecular complexity index is 715. The van der Waals surface area contributed by atoms with Crippen molar-refractivity contribution in [3.63, 3.8) is 0 Å². The molecule has 2 aromatic rings. The molecule has 2 rings (SSSR count). The van der Waals surface area contributed by atoms with Gasteiger partial charge in [0.1, 0.15) is 6.42 Å². The van der Waals surface area contributed by atoms with Gasteiger partial charge in [-0.3, -0.25) is 9.59 Å². The predicted molar refractivity (Wildman–Crippen MR) is 94.2 cm³/mol. The second kappa shape index (κ2) is 7.99. The maximum atomic E-state index is 11.9. The van der Waals surface area contributed by atoms with Gasteiger partial charge in [0.2, 0.25) is 11.8 Å². The molecule has 0 bridgehead atoms. The molecule has 0 heterocycles. The van der Waals surface area contributed by atoms with Crippen LogP contribution in [0, 0.1) is 0 Å². The number of aryl methyl sites for hydroxylation is 1. The van der Waals surface area contributed by atoms with E-state index >= 15 is 0 Å². The van der Waals surface area contributed by atoms with Crippen LogP contribution in [0.15, 0.2) is 42.5 Å². The van der Waals surface area contributed by atoms with Gasteiger partial charge >= 0.3 is 0 Å². The number of halogens is 2. The molecule has 0 aliphatic rings. The average molecular weight is 351 g/mol. The van der Waals surface area contributed by atoms with Gasteiger partial charge in [0, 0.05) is 10.7 Å². The third kappa shape index (κ3) is 5.27. The largest absolute Gasteiger partial charge is 0.326 e. The molecule has 2 amide bonds. The molecule has 120 valence electrons. The van der Waals surface area contributed by atoms with Crippen LogP contribution in [-0.4, -0.2) is 11.8 Å². The van der Waals surface area contributed by atoms with Crippen molar-refractivity contribution in [2.24, 2.45) is 0 Å². The van der Waals surface area contributed by atoms with Gasteiger partial charge < -0.3 is 10.6 Å². The van der Waals surface area contributed by atoms with Crippen molar-refractivity contribution < 1.29 is 9.59 Å². The number of nitrogens with one attached hydrogen (secondary N) is 2. The van der Waals surface area contributed by atoms with Crippen LogP contribution in [0.5, 0.6) is 0 Å². The molecule has 0 aliphatic carbocycles. The molecular formula is C17H16Cl2N2O2. The van der Waals surface area contributed by atoms with Gasteiger partial charge in [0.25, 0.3) is 0 Å². The van der Waals surface area contributed by atoms with Gasteiger partial charge in [-0.25, -0.2) is 0 Å². The highest BCUT2D eigenvalue weighted by Crippen LogP contribution is 2.25. The van der Waals surface area contributed by atoms with Gasteiger partial charge in [-0.2, -0.15) is 0 Å². The van der Waals surface area contributed by atoms with Gasteiger partial charge in [0.05, 0.1) is 10.7 Å². The maximum Gasteiger partial charge on any atom is 0.233 e. The van der Waals surface area contributed by atoms with Crippen LogP contribution in [-0.2, 0) is 16.0 Å². The second-order valence-electron chi connectivity index (χ2n) is 4.95. The number of carbonyl (C=O) groups excluding carboxylic acids is 2. The minimum atomic E-state index is -0.447. The summed E-state index contributed by atoms with van der Waals surface area (Å²) in [5.41, 5.74) is 2.25. The highest BCUT2D eigenvalue weighted by Gasteiger charge is 2.11. The van der Waals surface area contributed by atoms with Gasteiger partial charge in [0.15, 0.2) is 0 Å². The van der Waals surface area contributed by atoms with Crippen LogP contribution in [0.25, 0.3) is 0 Å². The topological polar surface area (TPSA) is 58.2 Å². The van der Waals surface area contributed by atoms with Crippen molar-refractivity contribution in [2.75, 3.05) is 10.6 Å². The lowest BCUT2D eigenvalue weighted by atomic mass is 10.1. The minimum absolute atomic E-state index is 0.297. The first-order valence-electron chi connectivity index (χ1n) is 7.11. The summed E-state index contributed by atoms with van der Waals surface area (Å²) in [4.78, 5) is 23.8. The van der Waals surface area contributed by atoms with E-state index in [1.54, 1.807) is 12.1 Å². The van der Waals surface area contributed by atoms with E-state index in [1.165, 1.54) is 11.6 Å². The number of hydrogen-bond donors (Lipinski definition) is 2. The summed E-state index contributed by atoms with van der Waals surface area (Å²) in [7, 11) is 0. The lowest BCUT2D eigenvalue weighted by Gasteiger charge is -2.08. The molecule has 0 aliphatic heterocycles. The summed E-state index contributed by atoms with van der Waals surface area (Å²) in [6.07, 6.45) is 0.632. The molecule has 2 aromatic carbocycles. The van der Waals surface area contributed by atoms with E-state index in [4.69, 9.17) is 23.2 Å². The van der Waals surface area contributed by atoms with E-state index in [0.29, 0.717) is 21.4 Å². The Morgan fingerprint density at radius 2 is 1.61 bits per heavy atom. The molecule has 0 fully saturated rings. The van der Waals surface area contributed by atoms with Crippen LogP contribution in [0.1, 0.15) is 18.9 Å². The standard InChI is InChI=1S/C17H16Cl2N2O2/c1-2-11-3-6-13(7-4-11)20-16(22)10-17(23)21-15-8-5-12(18)9-14(15)19/h3-9H,2,10H2,1H3,(H,20,22)(H,21,23). The normalized spacial score (nSPS) is 10.2. The van der Waals surface area contributed by atoms with Crippen molar-refractivity contribution >= 4 is 46.4 Å². The average Bonchev–Trinajstić information content (AvgIpc) is 2.50. The zero-order valence-electron chi connectivity index (χ0n) is 12.5. The fraction of sp³-hybridized carbons (Fsp3) is 0.176. The Morgan fingerprint density at radius 1 is 0.957 bits per heavy atom. The molecule has 0 radical (unpaired) electrons. The first-order valence-corrected chi connectivity index (χ1v) is 7.87. The molecule has 0 spiro atoms. The lowest BCUT2D eigenvalue weighted by Crippen LogP contribution is -2.21. The summed E-state index contributed by atoms with van der Waals surface area (Å²) in [5.74, 6) is -0.839. The molecule has 0 saturated heterocycles. The third-order valence-corrected chi connectivity index (χ3v) is 3.72. The van der Waals surface area contributed by atoms with E-state index in [-0.39, 0.29) is 6.42 Å². The zero-order valence-corrected chi connectivity index (χ0v) is 14.0. The van der Waals surface area contributed by atoms with Crippen LogP contribution in [0.3, 0.4) is 0 Å². The Hall–Kier alpha value is -2.04. The molecule has 0 atom stereocenters. The fourth-order valence-corrected chi connectivity index (χ4v) is 2.42. The number of anilines is 2. The summed E-state index contributed by atoms with van der Waals surface area (Å²) >= 11 is 11.8. The van der Waals surface area contributed by atoms with Crippen molar-refractivity contribution in [3.8, 4) is 0 Å². The fourth-order valence-electron chi connectivity index (χ4n) is 1.96. The molecule has 4 nitrogen and oxygen atoms in total. The van der Waals surface area contributed by atoms with Gasteiger partial charge in [-0.1, -0.05) is 42.3 Å². The summed E-state index contributed by atoms with van der Waals surface area (Å²) in [6.45, 7) is 2.06. The molecule has 2 N–H and O–H groups in total. The zero-order chi connectivity index (χ0) is 16.8. The summed E-state index contributed by atoms with van der Waals surface area (Å²) in [6, 6.07) is 12.2. The second-order valence-corrected chi connectivity index (χ2v) is 5.79. The lowest BCUT2D eigenvalue weighted by molar-refractivity contribution is -0.123. The number of amides is 2. The Morgan fingerprint density at radius 3 is 2.22 bits per heavy atom. The highest BCUT2D eigenvalue weighted by molar-refractivity contribution is 6.36. The van der Waals surface area contributed by atoms with Crippen molar-refractivity contribution in [1.82, 2.24) is 0 Å². The molecular weight excluding hydrogens is 335 g/mol. The Labute approximate surface area is 144 Å². The van der Waals surface area contributed by atoms with Crippen LogP contribution >= 0.6 is 23.2 Å². The van der Waals surface area contributed by atoms with Crippen LogP contribution in [0.4, 0.5) is 11.4 Å². The molecule has 0 unspecified atom stereocenters. The van der Waals surface area contributed by atoms with E-state index in [2.05, 4.69) is 17.6 Å². The number of rotatable bonds is 5. The number of hydrogen-bond acceptors (Lipinski definition) is 2. The maximum absolute atomic E-state index is 11.9. The molecule has 6 heteroatoms. The van der Waals surface area contributed by atoms with Gasteiger partial charge in [-0.05, 0) is 42.3 Å².